The van der Waals surface area contributed by atoms with Crippen molar-refractivity contribution in [1.82, 2.24) is 5.16 Å². The minimum Gasteiger partial charge on any atom is -0.381 e. The molecule has 0 atom stereocenters. The molecule has 1 aromatic carbocycles. The lowest BCUT2D eigenvalue weighted by Gasteiger charge is -2.05. The first-order valence-electron chi connectivity index (χ1n) is 5.90. The van der Waals surface area contributed by atoms with E-state index in [9.17, 15) is 4.39 Å². The number of hydrogen-bond donors (Lipinski definition) is 1. The van der Waals surface area contributed by atoms with Gasteiger partial charge in [0.25, 0.3) is 0 Å². The lowest BCUT2D eigenvalue weighted by atomic mass is 10.0. The Labute approximate surface area is 115 Å². The molecule has 0 bridgehead atoms. The average molecular weight is 285 g/mol. The molecule has 1 heterocycles. The molecule has 1 aromatic heterocycles. The van der Waals surface area contributed by atoms with Crippen molar-refractivity contribution in [1.29, 1.82) is 0 Å². The third kappa shape index (κ3) is 3.05. The van der Waals surface area contributed by atoms with Gasteiger partial charge in [-0.1, -0.05) is 16.8 Å². The van der Waals surface area contributed by atoms with Gasteiger partial charge >= 0.3 is 0 Å². The van der Waals surface area contributed by atoms with E-state index in [0.29, 0.717) is 36.5 Å². The summed E-state index contributed by atoms with van der Waals surface area (Å²) in [6, 6.07) is 4.11. The second-order valence-corrected chi connectivity index (χ2v) is 4.34. The number of aromatic nitrogens is 1. The fraction of sp³-hybridized carbons (Fsp3) is 0.308. The van der Waals surface area contributed by atoms with Crippen LogP contribution in [0.25, 0.3) is 11.1 Å². The van der Waals surface area contributed by atoms with Crippen LogP contribution in [0.3, 0.4) is 0 Å². The zero-order valence-electron chi connectivity index (χ0n) is 10.5. The maximum atomic E-state index is 13.1. The standard InChI is InChI=1S/C13H14ClFN2O2/c1-2-18-6-5-11-12(13(16)17-19-11)9-4-3-8(15)7-10(9)14/h3-4,7H,2,5-6H2,1H3,(H2,16,17). The van der Waals surface area contributed by atoms with Gasteiger partial charge in [0.1, 0.15) is 11.6 Å². The van der Waals surface area contributed by atoms with Gasteiger partial charge in [-0.25, -0.2) is 4.39 Å². The summed E-state index contributed by atoms with van der Waals surface area (Å²) >= 11 is 6.03. The first-order valence-corrected chi connectivity index (χ1v) is 6.28. The second-order valence-electron chi connectivity index (χ2n) is 3.94. The van der Waals surface area contributed by atoms with E-state index in [1.807, 2.05) is 6.92 Å². The van der Waals surface area contributed by atoms with Gasteiger partial charge in [0.15, 0.2) is 5.82 Å². The van der Waals surface area contributed by atoms with Crippen LogP contribution in [0.1, 0.15) is 12.7 Å². The highest BCUT2D eigenvalue weighted by molar-refractivity contribution is 6.33. The molecule has 0 fully saturated rings. The Hall–Kier alpha value is -1.59. The summed E-state index contributed by atoms with van der Waals surface area (Å²) in [6.07, 6.45) is 0.529. The molecule has 0 amide bonds. The number of halogens is 2. The molecule has 2 rings (SSSR count). The van der Waals surface area contributed by atoms with E-state index in [0.717, 1.165) is 0 Å². The molecule has 0 saturated carbocycles. The lowest BCUT2D eigenvalue weighted by Crippen LogP contribution is -1.99. The van der Waals surface area contributed by atoms with Crippen molar-refractivity contribution >= 4 is 17.4 Å². The molecular formula is C13H14ClFN2O2. The molecule has 0 radical (unpaired) electrons. The van der Waals surface area contributed by atoms with Crippen LogP contribution >= 0.6 is 11.6 Å². The SMILES string of the molecule is CCOCCc1onc(N)c1-c1ccc(F)cc1Cl. The number of benzene rings is 1. The van der Waals surface area contributed by atoms with Gasteiger partial charge in [-0.3, -0.25) is 0 Å². The summed E-state index contributed by atoms with van der Waals surface area (Å²) in [5.41, 5.74) is 6.99. The molecule has 0 saturated heterocycles. The predicted molar refractivity (Wildman–Crippen MR) is 71.5 cm³/mol. The van der Waals surface area contributed by atoms with E-state index in [2.05, 4.69) is 5.16 Å². The van der Waals surface area contributed by atoms with Crippen LogP contribution in [-0.4, -0.2) is 18.4 Å². The van der Waals surface area contributed by atoms with E-state index in [-0.39, 0.29) is 10.8 Å². The van der Waals surface area contributed by atoms with Crippen LogP contribution in [0.2, 0.25) is 5.02 Å². The summed E-state index contributed by atoms with van der Waals surface area (Å²) < 4.78 is 23.5. The summed E-state index contributed by atoms with van der Waals surface area (Å²) in [6.45, 7) is 3.03. The van der Waals surface area contributed by atoms with Gasteiger partial charge in [0.05, 0.1) is 17.2 Å². The highest BCUT2D eigenvalue weighted by Crippen LogP contribution is 2.35. The predicted octanol–water partition coefficient (Wildman–Crippen LogP) is 3.30. The number of nitrogens with zero attached hydrogens (tertiary/aromatic N) is 1. The number of ether oxygens (including phenoxy) is 1. The largest absolute Gasteiger partial charge is 0.381 e. The Balaban J connectivity index is 2.35. The van der Waals surface area contributed by atoms with Crippen LogP contribution in [0.5, 0.6) is 0 Å². The van der Waals surface area contributed by atoms with Crippen LogP contribution in [0.4, 0.5) is 10.2 Å². The normalized spacial score (nSPS) is 10.9. The number of anilines is 1. The van der Waals surface area contributed by atoms with Gasteiger partial charge < -0.3 is 15.0 Å². The summed E-state index contributed by atoms with van der Waals surface area (Å²) in [4.78, 5) is 0. The van der Waals surface area contributed by atoms with Crippen molar-refractivity contribution in [2.24, 2.45) is 0 Å². The van der Waals surface area contributed by atoms with E-state index in [4.69, 9.17) is 26.6 Å². The van der Waals surface area contributed by atoms with Crippen molar-refractivity contribution in [3.8, 4) is 11.1 Å². The summed E-state index contributed by atoms with van der Waals surface area (Å²) in [5, 5.41) is 4.00. The van der Waals surface area contributed by atoms with Gasteiger partial charge in [-0.15, -0.1) is 0 Å². The first kappa shape index (κ1) is 13.8. The van der Waals surface area contributed by atoms with Crippen molar-refractivity contribution in [2.75, 3.05) is 18.9 Å². The fourth-order valence-corrected chi connectivity index (χ4v) is 2.06. The molecule has 102 valence electrons. The summed E-state index contributed by atoms with van der Waals surface area (Å²) in [5.74, 6) is 0.416. The minimum atomic E-state index is -0.403. The smallest absolute Gasteiger partial charge is 0.175 e. The quantitative estimate of drug-likeness (QED) is 0.856. The topological polar surface area (TPSA) is 61.3 Å². The zero-order valence-corrected chi connectivity index (χ0v) is 11.2. The van der Waals surface area contributed by atoms with E-state index in [1.54, 1.807) is 6.07 Å². The van der Waals surface area contributed by atoms with E-state index >= 15 is 0 Å². The first-order chi connectivity index (χ1) is 9.13. The number of nitrogen functional groups attached to an aromatic ring is 1. The Morgan fingerprint density at radius 1 is 1.47 bits per heavy atom. The number of hydrogen-bond acceptors (Lipinski definition) is 4. The number of nitrogens with two attached hydrogens (primary N) is 1. The molecule has 2 N–H and O–H groups in total. The Bertz CT molecular complexity index is 572. The monoisotopic (exact) mass is 284 g/mol. The maximum absolute atomic E-state index is 13.1. The number of rotatable bonds is 5. The second kappa shape index (κ2) is 6.04. The summed E-state index contributed by atoms with van der Waals surface area (Å²) in [7, 11) is 0. The van der Waals surface area contributed by atoms with Gasteiger partial charge in [-0.2, -0.15) is 0 Å². The van der Waals surface area contributed by atoms with Gasteiger partial charge in [0, 0.05) is 18.6 Å². The fourth-order valence-electron chi connectivity index (χ4n) is 1.80. The van der Waals surface area contributed by atoms with Crippen LogP contribution < -0.4 is 5.73 Å². The molecule has 6 heteroatoms. The third-order valence-corrected chi connectivity index (χ3v) is 2.98. The van der Waals surface area contributed by atoms with Crippen molar-refractivity contribution < 1.29 is 13.7 Å². The molecule has 0 spiro atoms. The minimum absolute atomic E-state index is 0.236. The maximum Gasteiger partial charge on any atom is 0.175 e. The van der Waals surface area contributed by atoms with Crippen LogP contribution in [0, 0.1) is 5.82 Å². The lowest BCUT2D eigenvalue weighted by molar-refractivity contribution is 0.145. The third-order valence-electron chi connectivity index (χ3n) is 2.67. The van der Waals surface area contributed by atoms with Crippen molar-refractivity contribution in [3.05, 3.63) is 34.8 Å². The Morgan fingerprint density at radius 2 is 2.26 bits per heavy atom. The molecule has 4 nitrogen and oxygen atoms in total. The molecule has 0 aliphatic heterocycles. The molecule has 0 aliphatic rings. The zero-order chi connectivity index (χ0) is 13.8. The Morgan fingerprint density at radius 3 is 2.95 bits per heavy atom. The molecule has 0 aliphatic carbocycles. The molecule has 0 unspecified atom stereocenters. The van der Waals surface area contributed by atoms with Crippen LogP contribution in [-0.2, 0) is 11.2 Å². The van der Waals surface area contributed by atoms with Crippen LogP contribution in [0.15, 0.2) is 22.7 Å². The molecule has 19 heavy (non-hydrogen) atoms. The molecule has 2 aromatic rings. The Kier molecular flexibility index (Phi) is 4.39. The van der Waals surface area contributed by atoms with Gasteiger partial charge in [-0.05, 0) is 25.1 Å². The molecular weight excluding hydrogens is 271 g/mol. The highest BCUT2D eigenvalue weighted by atomic mass is 35.5. The highest BCUT2D eigenvalue weighted by Gasteiger charge is 2.18. The van der Waals surface area contributed by atoms with E-state index in [1.165, 1.54) is 12.1 Å². The van der Waals surface area contributed by atoms with Gasteiger partial charge in [0.2, 0.25) is 0 Å². The van der Waals surface area contributed by atoms with Crippen molar-refractivity contribution in [2.45, 2.75) is 13.3 Å². The average Bonchev–Trinajstić information content (AvgIpc) is 2.72. The van der Waals surface area contributed by atoms with E-state index < -0.39 is 5.82 Å². The van der Waals surface area contributed by atoms with Crippen molar-refractivity contribution in [3.63, 3.8) is 0 Å².